The Kier molecular flexibility index (Phi) is 8.18. The van der Waals surface area contributed by atoms with Gasteiger partial charge in [-0.3, -0.25) is 4.79 Å². The number of sulfonamides is 1. The molecule has 0 atom stereocenters. The minimum Gasteiger partial charge on any atom is -0.493 e. The van der Waals surface area contributed by atoms with Crippen molar-refractivity contribution in [1.82, 2.24) is 4.31 Å². The van der Waals surface area contributed by atoms with E-state index in [9.17, 15) is 13.2 Å². The molecule has 0 fully saturated rings. The smallest absolute Gasteiger partial charge is 0.259 e. The largest absolute Gasteiger partial charge is 0.493 e. The monoisotopic (exact) mass is 414 g/mol. The molecule has 0 saturated carbocycles. The molecule has 0 aliphatic rings. The molecule has 0 aliphatic carbocycles. The fourth-order valence-corrected chi connectivity index (χ4v) is 3.99. The number of carbonyl (C=O) groups is 1. The van der Waals surface area contributed by atoms with E-state index in [1.807, 2.05) is 6.92 Å². The first-order chi connectivity index (χ1) is 13.9. The van der Waals surface area contributed by atoms with Crippen LogP contribution >= 0.6 is 0 Å². The van der Waals surface area contributed by atoms with Crippen LogP contribution in [0.3, 0.4) is 0 Å². The molecule has 0 unspecified atom stereocenters. The van der Waals surface area contributed by atoms with Crippen molar-refractivity contribution < 1.29 is 17.9 Å². The van der Waals surface area contributed by atoms with Crippen LogP contribution in [-0.4, -0.2) is 38.3 Å². The van der Waals surface area contributed by atoms with Gasteiger partial charge in [-0.05, 0) is 42.8 Å². The van der Waals surface area contributed by atoms with Gasteiger partial charge in [0.1, 0.15) is 5.75 Å². The van der Waals surface area contributed by atoms with Crippen molar-refractivity contribution in [2.45, 2.75) is 18.2 Å². The number of nitrogens with zero attached hydrogens (tertiary/aromatic N) is 1. The Morgan fingerprint density at radius 1 is 1.07 bits per heavy atom. The molecular formula is C22H26N2O4S. The molecule has 7 heteroatoms. The number of nitrogens with one attached hydrogen (secondary N) is 1. The van der Waals surface area contributed by atoms with Crippen LogP contribution in [0.5, 0.6) is 5.75 Å². The molecule has 154 valence electrons. The summed E-state index contributed by atoms with van der Waals surface area (Å²) in [6.07, 6.45) is 3.88. The second-order valence-electron chi connectivity index (χ2n) is 6.22. The van der Waals surface area contributed by atoms with E-state index in [0.29, 0.717) is 23.6 Å². The molecule has 2 aromatic carbocycles. The number of hydrogen-bond donors (Lipinski definition) is 1. The van der Waals surface area contributed by atoms with E-state index in [2.05, 4.69) is 18.5 Å². The first-order valence-electron chi connectivity index (χ1n) is 9.29. The van der Waals surface area contributed by atoms with Crippen LogP contribution in [0.4, 0.5) is 5.69 Å². The summed E-state index contributed by atoms with van der Waals surface area (Å²) in [5.74, 6) is 0.183. The third kappa shape index (κ3) is 5.79. The second-order valence-corrected chi connectivity index (χ2v) is 8.16. The predicted octanol–water partition coefficient (Wildman–Crippen LogP) is 4.09. The molecule has 0 heterocycles. The van der Waals surface area contributed by atoms with Crippen molar-refractivity contribution in [3.05, 3.63) is 79.4 Å². The Balaban J connectivity index is 2.18. The maximum absolute atomic E-state index is 12.7. The van der Waals surface area contributed by atoms with Gasteiger partial charge in [-0.1, -0.05) is 31.2 Å². The highest BCUT2D eigenvalue weighted by atomic mass is 32.2. The second kappa shape index (κ2) is 10.6. The number of para-hydroxylation sites is 1. The van der Waals surface area contributed by atoms with E-state index < -0.39 is 10.0 Å². The van der Waals surface area contributed by atoms with Crippen molar-refractivity contribution in [2.24, 2.45) is 0 Å². The van der Waals surface area contributed by atoms with E-state index in [4.69, 9.17) is 4.74 Å². The van der Waals surface area contributed by atoms with Crippen LogP contribution in [0.15, 0.2) is 78.7 Å². The Morgan fingerprint density at radius 2 is 1.69 bits per heavy atom. The van der Waals surface area contributed by atoms with Crippen molar-refractivity contribution in [3.8, 4) is 5.75 Å². The highest BCUT2D eigenvalue weighted by Gasteiger charge is 2.22. The Bertz CT molecular complexity index is 943. The molecule has 1 N–H and O–H groups in total. The molecule has 0 aromatic heterocycles. The molecule has 2 aromatic rings. The topological polar surface area (TPSA) is 75.7 Å². The van der Waals surface area contributed by atoms with Gasteiger partial charge >= 0.3 is 0 Å². The molecule has 0 spiro atoms. The van der Waals surface area contributed by atoms with Crippen molar-refractivity contribution in [3.63, 3.8) is 0 Å². The van der Waals surface area contributed by atoms with Gasteiger partial charge in [0.05, 0.1) is 17.1 Å². The summed E-state index contributed by atoms with van der Waals surface area (Å²) in [4.78, 5) is 12.7. The predicted molar refractivity (Wildman–Crippen MR) is 116 cm³/mol. The van der Waals surface area contributed by atoms with Crippen molar-refractivity contribution in [1.29, 1.82) is 0 Å². The van der Waals surface area contributed by atoms with Crippen LogP contribution < -0.4 is 10.1 Å². The third-order valence-electron chi connectivity index (χ3n) is 4.01. The van der Waals surface area contributed by atoms with Crippen LogP contribution in [0.1, 0.15) is 23.7 Å². The van der Waals surface area contributed by atoms with Crippen LogP contribution in [0, 0.1) is 0 Å². The lowest BCUT2D eigenvalue weighted by Gasteiger charge is -2.19. The lowest BCUT2D eigenvalue weighted by atomic mass is 10.2. The van der Waals surface area contributed by atoms with E-state index in [1.54, 1.807) is 36.4 Å². The maximum atomic E-state index is 12.7. The number of anilines is 1. The number of rotatable bonds is 11. The van der Waals surface area contributed by atoms with E-state index in [0.717, 1.165) is 6.42 Å². The molecule has 0 aliphatic heterocycles. The Labute approximate surface area is 172 Å². The minimum absolute atomic E-state index is 0.130. The Morgan fingerprint density at radius 3 is 2.28 bits per heavy atom. The summed E-state index contributed by atoms with van der Waals surface area (Å²) in [6, 6.07) is 13.0. The highest BCUT2D eigenvalue weighted by Crippen LogP contribution is 2.22. The molecule has 0 bridgehead atoms. The van der Waals surface area contributed by atoms with Gasteiger partial charge in [-0.25, -0.2) is 8.42 Å². The number of amides is 1. The standard InChI is InChI=1S/C22H26N2O4S/c1-4-15-24(16-5-2)29(26,27)19-13-11-18(12-14-19)23-22(25)20-9-7-8-10-21(20)28-17-6-3/h4-5,7-14H,1-2,6,15-17H2,3H3,(H,23,25). The van der Waals surface area contributed by atoms with Gasteiger partial charge in [0.2, 0.25) is 10.0 Å². The molecular weight excluding hydrogens is 388 g/mol. The summed E-state index contributed by atoms with van der Waals surface area (Å²) in [5.41, 5.74) is 0.902. The summed E-state index contributed by atoms with van der Waals surface area (Å²) in [5, 5.41) is 2.77. The molecule has 0 radical (unpaired) electrons. The lowest BCUT2D eigenvalue weighted by molar-refractivity contribution is 0.102. The maximum Gasteiger partial charge on any atom is 0.259 e. The van der Waals surface area contributed by atoms with Gasteiger partial charge in [-0.15, -0.1) is 13.2 Å². The quantitative estimate of drug-likeness (QED) is 0.562. The first kappa shape index (κ1) is 22.4. The van der Waals surface area contributed by atoms with Gasteiger partial charge in [-0.2, -0.15) is 4.31 Å². The molecule has 1 amide bonds. The fourth-order valence-electron chi connectivity index (χ4n) is 2.61. The Hall–Kier alpha value is -2.90. The zero-order valence-electron chi connectivity index (χ0n) is 16.5. The normalized spacial score (nSPS) is 11.1. The molecule has 2 rings (SSSR count). The van der Waals surface area contributed by atoms with E-state index in [-0.39, 0.29) is 23.9 Å². The molecule has 0 saturated heterocycles. The molecule has 29 heavy (non-hydrogen) atoms. The van der Waals surface area contributed by atoms with Gasteiger partial charge in [0, 0.05) is 18.8 Å². The van der Waals surface area contributed by atoms with Crippen LogP contribution in [0.2, 0.25) is 0 Å². The van der Waals surface area contributed by atoms with Crippen molar-refractivity contribution >= 4 is 21.6 Å². The zero-order chi connectivity index (χ0) is 21.3. The fraction of sp³-hybridized carbons (Fsp3) is 0.227. The number of hydrogen-bond acceptors (Lipinski definition) is 4. The number of carbonyl (C=O) groups excluding carboxylic acids is 1. The van der Waals surface area contributed by atoms with Crippen LogP contribution in [-0.2, 0) is 10.0 Å². The summed E-state index contributed by atoms with van der Waals surface area (Å²) in [6.45, 7) is 10.1. The van der Waals surface area contributed by atoms with E-state index in [1.165, 1.54) is 28.6 Å². The first-order valence-corrected chi connectivity index (χ1v) is 10.7. The van der Waals surface area contributed by atoms with Gasteiger partial charge in [0.15, 0.2) is 0 Å². The average molecular weight is 415 g/mol. The highest BCUT2D eigenvalue weighted by molar-refractivity contribution is 7.89. The SMILES string of the molecule is C=CCN(CC=C)S(=O)(=O)c1ccc(NC(=O)c2ccccc2OCCC)cc1. The summed E-state index contributed by atoms with van der Waals surface area (Å²) >= 11 is 0. The van der Waals surface area contributed by atoms with Crippen molar-refractivity contribution in [2.75, 3.05) is 25.0 Å². The molecule has 6 nitrogen and oxygen atoms in total. The van der Waals surface area contributed by atoms with Gasteiger partial charge < -0.3 is 10.1 Å². The summed E-state index contributed by atoms with van der Waals surface area (Å²) in [7, 11) is -3.68. The van der Waals surface area contributed by atoms with Gasteiger partial charge in [0.25, 0.3) is 5.91 Å². The number of ether oxygens (including phenoxy) is 1. The number of benzene rings is 2. The lowest BCUT2D eigenvalue weighted by Crippen LogP contribution is -2.31. The zero-order valence-corrected chi connectivity index (χ0v) is 17.3. The van der Waals surface area contributed by atoms with Crippen LogP contribution in [0.25, 0.3) is 0 Å². The average Bonchev–Trinajstić information content (AvgIpc) is 2.72. The minimum atomic E-state index is -3.68. The summed E-state index contributed by atoms with van der Waals surface area (Å²) < 4.78 is 32.4. The van der Waals surface area contributed by atoms with E-state index >= 15 is 0 Å². The third-order valence-corrected chi connectivity index (χ3v) is 5.85.